The Bertz CT molecular complexity index is 464. The first kappa shape index (κ1) is 13.9. The molecule has 3 rings (SSSR count). The molecule has 3 nitrogen and oxygen atoms in total. The highest BCUT2D eigenvalue weighted by atomic mass is 16.3. The lowest BCUT2D eigenvalue weighted by Crippen LogP contribution is -2.38. The van der Waals surface area contributed by atoms with Gasteiger partial charge in [0.15, 0.2) is 0 Å². The van der Waals surface area contributed by atoms with Crippen molar-refractivity contribution < 1.29 is 5.11 Å². The van der Waals surface area contributed by atoms with E-state index < -0.39 is 0 Å². The van der Waals surface area contributed by atoms with E-state index >= 15 is 0 Å². The summed E-state index contributed by atoms with van der Waals surface area (Å²) in [6, 6.07) is 6.52. The molecule has 1 saturated heterocycles. The zero-order valence-corrected chi connectivity index (χ0v) is 12.7. The second-order valence-corrected chi connectivity index (χ2v) is 6.68. The van der Waals surface area contributed by atoms with Gasteiger partial charge in [-0.25, -0.2) is 0 Å². The molecular formula is C17H26N2O. The van der Waals surface area contributed by atoms with Crippen LogP contribution in [0.15, 0.2) is 18.2 Å². The molecule has 0 radical (unpaired) electrons. The van der Waals surface area contributed by atoms with E-state index in [2.05, 4.69) is 30.0 Å². The quantitative estimate of drug-likeness (QED) is 0.918. The molecule has 1 fully saturated rings. The Morgan fingerprint density at radius 1 is 1.20 bits per heavy atom. The number of fused-ring (bicyclic) bond motifs is 1. The predicted octanol–water partition coefficient (Wildman–Crippen LogP) is 2.65. The van der Waals surface area contributed by atoms with E-state index in [9.17, 15) is 5.11 Å². The van der Waals surface area contributed by atoms with Crippen molar-refractivity contribution in [1.29, 1.82) is 0 Å². The van der Waals surface area contributed by atoms with Gasteiger partial charge in [-0.3, -0.25) is 4.90 Å². The fourth-order valence-electron chi connectivity index (χ4n) is 3.92. The Balaban J connectivity index is 1.63. The van der Waals surface area contributed by atoms with Gasteiger partial charge >= 0.3 is 0 Å². The van der Waals surface area contributed by atoms with E-state index in [0.717, 1.165) is 12.3 Å². The number of benzene rings is 1. The first-order valence-corrected chi connectivity index (χ1v) is 7.84. The van der Waals surface area contributed by atoms with Crippen LogP contribution in [0.2, 0.25) is 0 Å². The average molecular weight is 274 g/mol. The molecule has 1 aromatic rings. The van der Waals surface area contributed by atoms with Crippen molar-refractivity contribution in [3.63, 3.8) is 0 Å². The van der Waals surface area contributed by atoms with E-state index in [1.165, 1.54) is 50.0 Å². The summed E-state index contributed by atoms with van der Waals surface area (Å²) in [6.07, 6.45) is 4.98. The summed E-state index contributed by atoms with van der Waals surface area (Å²) in [4.78, 5) is 4.98. The third-order valence-corrected chi connectivity index (χ3v) is 4.89. The molecule has 0 aromatic heterocycles. The third kappa shape index (κ3) is 2.84. The largest absolute Gasteiger partial charge is 0.508 e. The van der Waals surface area contributed by atoms with Gasteiger partial charge < -0.3 is 10.0 Å². The Hall–Kier alpha value is -1.06. The van der Waals surface area contributed by atoms with Crippen molar-refractivity contribution in [2.24, 2.45) is 5.92 Å². The highest BCUT2D eigenvalue weighted by Crippen LogP contribution is 2.38. The first-order chi connectivity index (χ1) is 9.63. The zero-order valence-electron chi connectivity index (χ0n) is 12.7. The van der Waals surface area contributed by atoms with Crippen molar-refractivity contribution >= 4 is 0 Å². The molecule has 3 heteroatoms. The van der Waals surface area contributed by atoms with Gasteiger partial charge in [-0.05, 0) is 82.0 Å². The van der Waals surface area contributed by atoms with Crippen molar-refractivity contribution in [2.45, 2.75) is 31.7 Å². The van der Waals surface area contributed by atoms with Crippen LogP contribution in [0.4, 0.5) is 0 Å². The van der Waals surface area contributed by atoms with Crippen molar-refractivity contribution in [2.75, 3.05) is 33.7 Å². The van der Waals surface area contributed by atoms with E-state index in [0.29, 0.717) is 11.8 Å². The molecule has 110 valence electrons. The fraction of sp³-hybridized carbons (Fsp3) is 0.647. The van der Waals surface area contributed by atoms with Gasteiger partial charge in [0.1, 0.15) is 5.75 Å². The van der Waals surface area contributed by atoms with Gasteiger partial charge in [0.25, 0.3) is 0 Å². The minimum atomic E-state index is 0.411. The van der Waals surface area contributed by atoms with Gasteiger partial charge in [-0.2, -0.15) is 0 Å². The normalized spacial score (nSPS) is 24.2. The van der Waals surface area contributed by atoms with Crippen LogP contribution in [-0.4, -0.2) is 48.6 Å². The molecule has 0 amide bonds. The number of rotatable bonds is 3. The maximum atomic E-state index is 9.59. The van der Waals surface area contributed by atoms with Gasteiger partial charge in [0.2, 0.25) is 0 Å². The summed E-state index contributed by atoms with van der Waals surface area (Å²) in [5.41, 5.74) is 2.80. The molecule has 1 heterocycles. The van der Waals surface area contributed by atoms with Crippen LogP contribution >= 0.6 is 0 Å². The van der Waals surface area contributed by atoms with Gasteiger partial charge in [0.05, 0.1) is 0 Å². The van der Waals surface area contributed by atoms with Crippen LogP contribution in [0, 0.1) is 5.92 Å². The lowest BCUT2D eigenvalue weighted by molar-refractivity contribution is 0.119. The number of likely N-dealkylation sites (tertiary alicyclic amines) is 1. The van der Waals surface area contributed by atoms with Gasteiger partial charge in [-0.1, -0.05) is 6.07 Å². The smallest absolute Gasteiger partial charge is 0.115 e. The molecule has 0 saturated carbocycles. The summed E-state index contributed by atoms with van der Waals surface area (Å²) in [6.45, 7) is 3.68. The molecule has 20 heavy (non-hydrogen) atoms. The number of phenolic OH excluding ortho intramolecular Hbond substituents is 1. The highest BCUT2D eigenvalue weighted by molar-refractivity contribution is 5.40. The molecule has 0 bridgehead atoms. The number of hydrogen-bond donors (Lipinski definition) is 1. The molecule has 1 N–H and O–H groups in total. The molecule has 0 spiro atoms. The molecule has 1 aliphatic heterocycles. The van der Waals surface area contributed by atoms with Crippen molar-refractivity contribution in [1.82, 2.24) is 9.80 Å². The number of hydrogen-bond acceptors (Lipinski definition) is 3. The van der Waals surface area contributed by atoms with Crippen LogP contribution in [-0.2, 0) is 6.42 Å². The number of aromatic hydroxyl groups is 1. The maximum Gasteiger partial charge on any atom is 0.115 e. The second kappa shape index (κ2) is 5.74. The zero-order chi connectivity index (χ0) is 14.1. The summed E-state index contributed by atoms with van der Waals surface area (Å²) in [7, 11) is 4.35. The number of piperidine rings is 1. The topological polar surface area (TPSA) is 26.7 Å². The Morgan fingerprint density at radius 3 is 2.65 bits per heavy atom. The maximum absolute atomic E-state index is 9.59. The monoisotopic (exact) mass is 274 g/mol. The summed E-state index contributed by atoms with van der Waals surface area (Å²) in [5.74, 6) is 1.27. The standard InChI is InChI=1S/C17H26N2O/c1-18(2)12-13-7-9-19(10-8-13)17-6-3-14-11-15(20)4-5-16(14)17/h4-5,11,13,17,20H,3,6-10,12H2,1-2H3. The second-order valence-electron chi connectivity index (χ2n) is 6.68. The van der Waals surface area contributed by atoms with E-state index in [1.807, 2.05) is 12.1 Å². The fourth-order valence-corrected chi connectivity index (χ4v) is 3.92. The van der Waals surface area contributed by atoms with E-state index in [1.54, 1.807) is 0 Å². The summed E-state index contributed by atoms with van der Waals surface area (Å²) in [5, 5.41) is 9.59. The van der Waals surface area contributed by atoms with E-state index in [4.69, 9.17) is 0 Å². The van der Waals surface area contributed by atoms with Crippen LogP contribution in [0.1, 0.15) is 36.4 Å². The van der Waals surface area contributed by atoms with Crippen LogP contribution < -0.4 is 0 Å². The third-order valence-electron chi connectivity index (χ3n) is 4.89. The van der Waals surface area contributed by atoms with E-state index in [-0.39, 0.29) is 0 Å². The molecule has 1 aliphatic carbocycles. The van der Waals surface area contributed by atoms with Crippen LogP contribution in [0.25, 0.3) is 0 Å². The predicted molar refractivity (Wildman–Crippen MR) is 82.0 cm³/mol. The Kier molecular flexibility index (Phi) is 3.99. The summed E-state index contributed by atoms with van der Waals surface area (Å²) >= 11 is 0. The number of aryl methyl sites for hydroxylation is 1. The SMILES string of the molecule is CN(C)CC1CCN(C2CCc3cc(O)ccc32)CC1. The molecule has 2 aliphatic rings. The van der Waals surface area contributed by atoms with Crippen LogP contribution in [0.5, 0.6) is 5.75 Å². The lowest BCUT2D eigenvalue weighted by atomic mass is 9.94. The molecule has 1 aromatic carbocycles. The highest BCUT2D eigenvalue weighted by Gasteiger charge is 2.30. The first-order valence-electron chi connectivity index (χ1n) is 7.84. The van der Waals surface area contributed by atoms with Crippen LogP contribution in [0.3, 0.4) is 0 Å². The summed E-state index contributed by atoms with van der Waals surface area (Å²) < 4.78 is 0. The van der Waals surface area contributed by atoms with Crippen molar-refractivity contribution in [3.8, 4) is 5.75 Å². The number of nitrogens with zero attached hydrogens (tertiary/aromatic N) is 2. The molecule has 1 atom stereocenters. The Labute approximate surface area is 122 Å². The number of phenols is 1. The molecular weight excluding hydrogens is 248 g/mol. The van der Waals surface area contributed by atoms with Crippen molar-refractivity contribution in [3.05, 3.63) is 29.3 Å². The average Bonchev–Trinajstić information content (AvgIpc) is 2.82. The molecule has 1 unspecified atom stereocenters. The Morgan fingerprint density at radius 2 is 1.95 bits per heavy atom. The minimum Gasteiger partial charge on any atom is -0.508 e. The minimum absolute atomic E-state index is 0.411. The lowest BCUT2D eigenvalue weighted by Gasteiger charge is -2.37. The van der Waals surface area contributed by atoms with Gasteiger partial charge in [0, 0.05) is 12.6 Å². The van der Waals surface area contributed by atoms with Gasteiger partial charge in [-0.15, -0.1) is 0 Å².